The lowest BCUT2D eigenvalue weighted by atomic mass is 10.2. The van der Waals surface area contributed by atoms with Crippen molar-refractivity contribution in [1.29, 1.82) is 0 Å². The van der Waals surface area contributed by atoms with Gasteiger partial charge in [0.1, 0.15) is 5.52 Å². The summed E-state index contributed by atoms with van der Waals surface area (Å²) < 4.78 is 28.9. The minimum atomic E-state index is -3.05. The molecule has 17 heavy (non-hydrogen) atoms. The van der Waals surface area contributed by atoms with Crippen LogP contribution in [0.5, 0.6) is 5.75 Å². The van der Waals surface area contributed by atoms with Crippen LogP contribution in [0.15, 0.2) is 12.1 Å². The number of anilines is 1. The number of fused-ring (bicyclic) bond motifs is 1. The predicted octanol–water partition coefficient (Wildman–Crippen LogP) is 2.18. The smallest absolute Gasteiger partial charge is 0.387 e. The second-order valence-corrected chi connectivity index (χ2v) is 4.12. The number of thiazole rings is 1. The summed E-state index contributed by atoms with van der Waals surface area (Å²) in [7, 11) is 0. The SMILES string of the molecule is Nc1nc2c(OC(F)F)cc(C(=O)O)cc2s1. The Bertz CT molecular complexity index is 585. The van der Waals surface area contributed by atoms with Gasteiger partial charge in [0.05, 0.1) is 10.3 Å². The number of alkyl halides is 2. The van der Waals surface area contributed by atoms with Crippen LogP contribution in [0.2, 0.25) is 0 Å². The highest BCUT2D eigenvalue weighted by Crippen LogP contribution is 2.33. The van der Waals surface area contributed by atoms with Gasteiger partial charge in [-0.15, -0.1) is 0 Å². The van der Waals surface area contributed by atoms with Gasteiger partial charge in [-0.25, -0.2) is 9.78 Å². The number of nitrogens with two attached hydrogens (primary N) is 1. The van der Waals surface area contributed by atoms with E-state index in [4.69, 9.17) is 10.8 Å². The Kier molecular flexibility index (Phi) is 2.80. The summed E-state index contributed by atoms with van der Waals surface area (Å²) in [6, 6.07) is 2.31. The van der Waals surface area contributed by atoms with Gasteiger partial charge in [0.15, 0.2) is 10.9 Å². The lowest BCUT2D eigenvalue weighted by Crippen LogP contribution is -2.04. The molecule has 0 spiro atoms. The quantitative estimate of drug-likeness (QED) is 0.883. The van der Waals surface area contributed by atoms with Crippen LogP contribution in [0.3, 0.4) is 0 Å². The zero-order valence-electron chi connectivity index (χ0n) is 8.18. The molecule has 0 aliphatic heterocycles. The van der Waals surface area contributed by atoms with Gasteiger partial charge in [-0.05, 0) is 12.1 Å². The molecule has 0 amide bonds. The molecule has 0 radical (unpaired) electrons. The average molecular weight is 260 g/mol. The number of carboxylic acids is 1. The molecule has 0 saturated heterocycles. The topological polar surface area (TPSA) is 85.4 Å². The number of hydrogen-bond donors (Lipinski definition) is 2. The molecule has 2 rings (SSSR count). The maximum Gasteiger partial charge on any atom is 0.387 e. The second kappa shape index (κ2) is 4.13. The van der Waals surface area contributed by atoms with Gasteiger partial charge in [0, 0.05) is 0 Å². The zero-order chi connectivity index (χ0) is 12.6. The number of halogens is 2. The van der Waals surface area contributed by atoms with Gasteiger partial charge in [0.25, 0.3) is 0 Å². The number of nitrogen functional groups attached to an aromatic ring is 1. The van der Waals surface area contributed by atoms with E-state index in [9.17, 15) is 13.6 Å². The summed E-state index contributed by atoms with van der Waals surface area (Å²) in [6.45, 7) is -3.05. The van der Waals surface area contributed by atoms with Gasteiger partial charge in [-0.2, -0.15) is 8.78 Å². The molecule has 1 aromatic heterocycles. The number of benzene rings is 1. The number of ether oxygens (including phenoxy) is 1. The van der Waals surface area contributed by atoms with Crippen molar-refractivity contribution in [3.63, 3.8) is 0 Å². The molecular formula is C9H6F2N2O3S. The molecule has 90 valence electrons. The highest BCUT2D eigenvalue weighted by Gasteiger charge is 2.16. The molecule has 0 fully saturated rings. The van der Waals surface area contributed by atoms with Crippen LogP contribution >= 0.6 is 11.3 Å². The Morgan fingerprint density at radius 1 is 1.53 bits per heavy atom. The minimum Gasteiger partial charge on any atom is -0.478 e. The number of carbonyl (C=O) groups is 1. The molecule has 0 bridgehead atoms. The number of nitrogens with zero attached hydrogens (tertiary/aromatic N) is 1. The summed E-state index contributed by atoms with van der Waals surface area (Å²) in [5.41, 5.74) is 5.41. The molecule has 2 aromatic rings. The van der Waals surface area contributed by atoms with Gasteiger partial charge in [0.2, 0.25) is 0 Å². The highest BCUT2D eigenvalue weighted by atomic mass is 32.1. The zero-order valence-corrected chi connectivity index (χ0v) is 9.00. The van der Waals surface area contributed by atoms with Crippen molar-refractivity contribution in [2.75, 3.05) is 5.73 Å². The van der Waals surface area contributed by atoms with Crippen LogP contribution < -0.4 is 10.5 Å². The molecule has 0 saturated carbocycles. The van der Waals surface area contributed by atoms with Gasteiger partial charge in [-0.1, -0.05) is 11.3 Å². The molecule has 3 N–H and O–H groups in total. The van der Waals surface area contributed by atoms with Crippen LogP contribution in [0.4, 0.5) is 13.9 Å². The largest absolute Gasteiger partial charge is 0.478 e. The molecule has 8 heteroatoms. The van der Waals surface area contributed by atoms with Crippen LogP contribution in [-0.2, 0) is 0 Å². The lowest BCUT2D eigenvalue weighted by molar-refractivity contribution is -0.0489. The summed E-state index contributed by atoms with van der Waals surface area (Å²) in [5.74, 6) is -1.53. The molecular weight excluding hydrogens is 254 g/mol. The molecule has 0 aliphatic rings. The summed E-state index contributed by atoms with van der Waals surface area (Å²) >= 11 is 1.00. The number of hydrogen-bond acceptors (Lipinski definition) is 5. The Hall–Kier alpha value is -1.96. The third kappa shape index (κ3) is 2.26. The van der Waals surface area contributed by atoms with Crippen LogP contribution in [0.1, 0.15) is 10.4 Å². The van der Waals surface area contributed by atoms with Crippen LogP contribution in [0, 0.1) is 0 Å². The molecule has 1 aromatic carbocycles. The van der Waals surface area contributed by atoms with Crippen molar-refractivity contribution >= 4 is 32.7 Å². The van der Waals surface area contributed by atoms with Gasteiger partial charge in [-0.3, -0.25) is 0 Å². The first-order valence-corrected chi connectivity index (χ1v) is 5.17. The minimum absolute atomic E-state index is 0.137. The fourth-order valence-corrected chi connectivity index (χ4v) is 2.12. The number of carboxylic acid groups (broad SMARTS) is 1. The fourth-order valence-electron chi connectivity index (χ4n) is 1.33. The molecule has 1 heterocycles. The third-order valence-electron chi connectivity index (χ3n) is 1.94. The Morgan fingerprint density at radius 2 is 2.24 bits per heavy atom. The van der Waals surface area contributed by atoms with Crippen molar-refractivity contribution < 1.29 is 23.4 Å². The monoisotopic (exact) mass is 260 g/mol. The van der Waals surface area contributed by atoms with E-state index in [1.165, 1.54) is 6.07 Å². The molecule has 0 unspecified atom stereocenters. The first-order valence-electron chi connectivity index (χ1n) is 4.35. The lowest BCUT2D eigenvalue weighted by Gasteiger charge is -2.05. The summed E-state index contributed by atoms with van der Waals surface area (Å²) in [4.78, 5) is 14.6. The van der Waals surface area contributed by atoms with Crippen molar-refractivity contribution in [2.45, 2.75) is 6.61 Å². The van der Waals surface area contributed by atoms with Crippen molar-refractivity contribution in [3.8, 4) is 5.75 Å². The van der Waals surface area contributed by atoms with E-state index < -0.39 is 12.6 Å². The summed E-state index contributed by atoms with van der Waals surface area (Å²) in [6.07, 6.45) is 0. The Balaban J connectivity index is 2.64. The van der Waals surface area contributed by atoms with E-state index in [-0.39, 0.29) is 22.0 Å². The second-order valence-electron chi connectivity index (χ2n) is 3.06. The molecule has 0 atom stereocenters. The maximum atomic E-state index is 12.2. The highest BCUT2D eigenvalue weighted by molar-refractivity contribution is 7.22. The van der Waals surface area contributed by atoms with Crippen LogP contribution in [-0.4, -0.2) is 22.7 Å². The molecule has 5 nitrogen and oxygen atoms in total. The van der Waals surface area contributed by atoms with Gasteiger partial charge >= 0.3 is 12.6 Å². The van der Waals surface area contributed by atoms with E-state index in [0.29, 0.717) is 4.70 Å². The Labute approximate surface area is 97.4 Å². The maximum absolute atomic E-state index is 12.2. The number of rotatable bonds is 3. The van der Waals surface area contributed by atoms with E-state index in [1.54, 1.807) is 0 Å². The first-order chi connectivity index (χ1) is 7.97. The van der Waals surface area contributed by atoms with Gasteiger partial charge < -0.3 is 15.6 Å². The van der Waals surface area contributed by atoms with E-state index in [2.05, 4.69) is 9.72 Å². The standard InChI is InChI=1S/C9H6F2N2O3S/c10-8(11)16-4-1-3(7(14)15)2-5-6(4)13-9(12)17-5/h1-2,8H,(H2,12,13)(H,14,15). The first kappa shape index (κ1) is 11.5. The van der Waals surface area contributed by atoms with Crippen molar-refractivity contribution in [2.24, 2.45) is 0 Å². The molecule has 0 aliphatic carbocycles. The Morgan fingerprint density at radius 3 is 2.82 bits per heavy atom. The van der Waals surface area contributed by atoms with E-state index in [0.717, 1.165) is 17.4 Å². The fraction of sp³-hybridized carbons (Fsp3) is 0.111. The average Bonchev–Trinajstić information content (AvgIpc) is 2.57. The number of aromatic nitrogens is 1. The van der Waals surface area contributed by atoms with Crippen LogP contribution in [0.25, 0.3) is 10.2 Å². The number of aromatic carboxylic acids is 1. The van der Waals surface area contributed by atoms with E-state index >= 15 is 0 Å². The van der Waals surface area contributed by atoms with E-state index in [1.807, 2.05) is 0 Å². The van der Waals surface area contributed by atoms with Crippen molar-refractivity contribution in [1.82, 2.24) is 4.98 Å². The summed E-state index contributed by atoms with van der Waals surface area (Å²) in [5, 5.41) is 8.97. The normalized spacial score (nSPS) is 11.0. The predicted molar refractivity (Wildman–Crippen MR) is 57.6 cm³/mol. The van der Waals surface area contributed by atoms with Crippen molar-refractivity contribution in [3.05, 3.63) is 17.7 Å². The third-order valence-corrected chi connectivity index (χ3v) is 2.77.